The number of nitrogens with zero attached hydrogens (tertiary/aromatic N) is 3. The number of nitrogens with one attached hydrogen (secondary N) is 2. The summed E-state index contributed by atoms with van der Waals surface area (Å²) in [5.74, 6) is 1.14. The third kappa shape index (κ3) is 4.56. The highest BCUT2D eigenvalue weighted by molar-refractivity contribution is 7.09. The molecular weight excluding hydrogens is 382 g/mol. The van der Waals surface area contributed by atoms with Crippen LogP contribution >= 0.6 is 11.3 Å². The standard InChI is InChI=1S/C22H27N5OS/c1-14-18-5-3-4-6-19(18)21(27-26-14)25-17-9-7-16(8-10-17)22(28)23-12-11-20-15(2)24-13-29-20/h3-6,13,16-17H,7-12H2,1-2H3,(H,23,28)(H,25,27). The van der Waals surface area contributed by atoms with Crippen molar-refractivity contribution in [3.8, 4) is 0 Å². The number of aromatic nitrogens is 3. The van der Waals surface area contributed by atoms with Gasteiger partial charge >= 0.3 is 0 Å². The lowest BCUT2D eigenvalue weighted by molar-refractivity contribution is -0.125. The Morgan fingerprint density at radius 2 is 1.83 bits per heavy atom. The van der Waals surface area contributed by atoms with Gasteiger partial charge in [0.1, 0.15) is 0 Å². The Bertz CT molecular complexity index is 994. The van der Waals surface area contributed by atoms with Crippen LogP contribution in [0.15, 0.2) is 29.8 Å². The highest BCUT2D eigenvalue weighted by Crippen LogP contribution is 2.29. The molecule has 6 nitrogen and oxygen atoms in total. The van der Waals surface area contributed by atoms with Crippen LogP contribution in [0.5, 0.6) is 0 Å². The van der Waals surface area contributed by atoms with E-state index in [9.17, 15) is 4.79 Å². The summed E-state index contributed by atoms with van der Waals surface area (Å²) in [6, 6.07) is 8.56. The Balaban J connectivity index is 1.28. The summed E-state index contributed by atoms with van der Waals surface area (Å²) in [5.41, 5.74) is 3.88. The van der Waals surface area contributed by atoms with E-state index in [2.05, 4.69) is 37.9 Å². The molecule has 0 spiro atoms. The first-order chi connectivity index (χ1) is 14.1. The van der Waals surface area contributed by atoms with Gasteiger partial charge in [0.25, 0.3) is 0 Å². The van der Waals surface area contributed by atoms with Crippen LogP contribution in [0.1, 0.15) is 41.9 Å². The zero-order valence-electron chi connectivity index (χ0n) is 16.9. The summed E-state index contributed by atoms with van der Waals surface area (Å²) in [6.07, 6.45) is 4.60. The molecule has 1 saturated carbocycles. The van der Waals surface area contributed by atoms with Gasteiger partial charge in [-0.25, -0.2) is 4.98 Å². The fraction of sp³-hybridized carbons (Fsp3) is 0.455. The molecule has 2 N–H and O–H groups in total. The molecular formula is C22H27N5OS. The number of amides is 1. The van der Waals surface area contributed by atoms with Crippen LogP contribution in [0, 0.1) is 19.8 Å². The highest BCUT2D eigenvalue weighted by Gasteiger charge is 2.26. The van der Waals surface area contributed by atoms with Crippen LogP contribution in [0.3, 0.4) is 0 Å². The van der Waals surface area contributed by atoms with E-state index in [1.54, 1.807) is 11.3 Å². The van der Waals surface area contributed by atoms with Crippen LogP contribution in [-0.2, 0) is 11.2 Å². The van der Waals surface area contributed by atoms with Crippen LogP contribution in [-0.4, -0.2) is 33.7 Å². The lowest BCUT2D eigenvalue weighted by atomic mass is 9.85. The molecule has 1 aliphatic rings. The van der Waals surface area contributed by atoms with Crippen LogP contribution in [0.25, 0.3) is 10.8 Å². The van der Waals surface area contributed by atoms with Crippen molar-refractivity contribution in [2.75, 3.05) is 11.9 Å². The summed E-state index contributed by atoms with van der Waals surface area (Å²) in [4.78, 5) is 18.0. The monoisotopic (exact) mass is 409 g/mol. The van der Waals surface area contributed by atoms with E-state index in [1.165, 1.54) is 4.88 Å². The fourth-order valence-corrected chi connectivity index (χ4v) is 4.83. The van der Waals surface area contributed by atoms with Gasteiger partial charge in [-0.05, 0) is 39.5 Å². The number of benzene rings is 1. The number of carbonyl (C=O) groups is 1. The Kier molecular flexibility index (Phi) is 6.04. The number of carbonyl (C=O) groups excluding carboxylic acids is 1. The first-order valence-electron chi connectivity index (χ1n) is 10.3. The van der Waals surface area contributed by atoms with Crippen LogP contribution in [0.2, 0.25) is 0 Å². The predicted molar refractivity (Wildman–Crippen MR) is 117 cm³/mol. The van der Waals surface area contributed by atoms with E-state index in [0.717, 1.165) is 60.1 Å². The Morgan fingerprint density at radius 1 is 1.07 bits per heavy atom. The summed E-state index contributed by atoms with van der Waals surface area (Å²) in [5, 5.41) is 17.6. The minimum atomic E-state index is 0.108. The maximum atomic E-state index is 12.5. The number of thiazole rings is 1. The van der Waals surface area contributed by atoms with Gasteiger partial charge in [-0.2, -0.15) is 5.10 Å². The lowest BCUT2D eigenvalue weighted by Gasteiger charge is -2.29. The van der Waals surface area contributed by atoms with E-state index in [-0.39, 0.29) is 11.8 Å². The van der Waals surface area contributed by atoms with Crippen LogP contribution in [0.4, 0.5) is 5.82 Å². The number of hydrogen-bond acceptors (Lipinski definition) is 6. The third-order valence-corrected chi connectivity index (χ3v) is 6.80. The number of fused-ring (bicyclic) bond motifs is 1. The second kappa shape index (κ2) is 8.86. The van der Waals surface area contributed by atoms with Crippen molar-refractivity contribution in [3.63, 3.8) is 0 Å². The second-order valence-corrected chi connectivity index (χ2v) is 8.71. The van der Waals surface area contributed by atoms with E-state index >= 15 is 0 Å². The minimum Gasteiger partial charge on any atom is -0.365 e. The van der Waals surface area contributed by atoms with Gasteiger partial charge in [0.2, 0.25) is 5.91 Å². The van der Waals surface area contributed by atoms with Crippen molar-refractivity contribution < 1.29 is 4.79 Å². The SMILES string of the molecule is Cc1ncsc1CCNC(=O)C1CCC(Nc2nnc(C)c3ccccc23)CC1. The summed E-state index contributed by atoms with van der Waals surface area (Å²) in [6.45, 7) is 4.69. The van der Waals surface area contributed by atoms with E-state index in [4.69, 9.17) is 0 Å². The molecule has 7 heteroatoms. The normalized spacial score (nSPS) is 19.2. The minimum absolute atomic E-state index is 0.108. The number of aryl methyl sites for hydroxylation is 2. The second-order valence-electron chi connectivity index (χ2n) is 7.77. The van der Waals surface area contributed by atoms with Crippen LogP contribution < -0.4 is 10.6 Å². The number of hydrogen-bond donors (Lipinski definition) is 2. The van der Waals surface area contributed by atoms with Crippen molar-refractivity contribution in [2.45, 2.75) is 52.0 Å². The Morgan fingerprint density at radius 3 is 2.55 bits per heavy atom. The van der Waals surface area contributed by atoms with Gasteiger partial charge in [-0.15, -0.1) is 16.4 Å². The van der Waals surface area contributed by atoms with E-state index in [1.807, 2.05) is 31.5 Å². The number of anilines is 1. The zero-order valence-corrected chi connectivity index (χ0v) is 17.8. The molecule has 0 unspecified atom stereocenters. The molecule has 0 saturated heterocycles. The predicted octanol–water partition coefficient (Wildman–Crippen LogP) is 4.03. The molecule has 152 valence electrons. The molecule has 1 aromatic carbocycles. The number of rotatable bonds is 6. The molecule has 29 heavy (non-hydrogen) atoms. The van der Waals surface area contributed by atoms with Gasteiger partial charge in [0.15, 0.2) is 5.82 Å². The largest absolute Gasteiger partial charge is 0.365 e. The summed E-state index contributed by atoms with van der Waals surface area (Å²) in [7, 11) is 0. The summed E-state index contributed by atoms with van der Waals surface area (Å²) < 4.78 is 0. The molecule has 1 fully saturated rings. The molecule has 1 amide bonds. The molecule has 0 bridgehead atoms. The average Bonchev–Trinajstić information content (AvgIpc) is 3.15. The van der Waals surface area contributed by atoms with Crippen molar-refractivity contribution in [1.82, 2.24) is 20.5 Å². The van der Waals surface area contributed by atoms with E-state index in [0.29, 0.717) is 12.6 Å². The maximum Gasteiger partial charge on any atom is 0.223 e. The van der Waals surface area contributed by atoms with Gasteiger partial charge in [0, 0.05) is 40.6 Å². The zero-order chi connectivity index (χ0) is 20.2. The van der Waals surface area contributed by atoms with Gasteiger partial charge in [-0.1, -0.05) is 24.3 Å². The molecule has 0 aliphatic heterocycles. The van der Waals surface area contributed by atoms with Gasteiger partial charge in [-0.3, -0.25) is 4.79 Å². The topological polar surface area (TPSA) is 79.8 Å². The quantitative estimate of drug-likeness (QED) is 0.642. The molecule has 1 aliphatic carbocycles. The Labute approximate surface area is 175 Å². The Hall–Kier alpha value is -2.54. The van der Waals surface area contributed by atoms with Gasteiger partial charge < -0.3 is 10.6 Å². The van der Waals surface area contributed by atoms with E-state index < -0.39 is 0 Å². The summed E-state index contributed by atoms with van der Waals surface area (Å²) >= 11 is 1.66. The van der Waals surface area contributed by atoms with Crippen molar-refractivity contribution >= 4 is 33.8 Å². The lowest BCUT2D eigenvalue weighted by Crippen LogP contribution is -2.36. The molecule has 0 atom stereocenters. The molecule has 2 aromatic heterocycles. The molecule has 3 aromatic rings. The molecule has 2 heterocycles. The van der Waals surface area contributed by atoms with Crippen molar-refractivity contribution in [3.05, 3.63) is 46.0 Å². The first kappa shape index (κ1) is 19.8. The average molecular weight is 410 g/mol. The smallest absolute Gasteiger partial charge is 0.223 e. The third-order valence-electron chi connectivity index (χ3n) is 5.81. The van der Waals surface area contributed by atoms with Crippen molar-refractivity contribution in [2.24, 2.45) is 5.92 Å². The molecule has 4 rings (SSSR count). The maximum absolute atomic E-state index is 12.5. The fourth-order valence-electron chi connectivity index (χ4n) is 4.05. The first-order valence-corrected chi connectivity index (χ1v) is 11.1. The molecule has 0 radical (unpaired) electrons. The van der Waals surface area contributed by atoms with Gasteiger partial charge in [0.05, 0.1) is 16.9 Å². The highest BCUT2D eigenvalue weighted by atomic mass is 32.1. The van der Waals surface area contributed by atoms with Crippen molar-refractivity contribution in [1.29, 1.82) is 0 Å².